The molecule has 4 nitrogen and oxygen atoms in total. The van der Waals surface area contributed by atoms with Crippen LogP contribution in [-0.2, 0) is 6.54 Å². The van der Waals surface area contributed by atoms with Crippen LogP contribution in [0, 0.1) is 5.92 Å². The standard InChI is InChI=1S/C12H22N4S.ClH/c1-15-5-3-4-10(7-15)8-16(2)9-11-6-14-12(13)17-11;/h6,10H,3-5,7-9H2,1-2H3,(H2,13,14);1H. The lowest BCUT2D eigenvalue weighted by atomic mass is 9.98. The van der Waals surface area contributed by atoms with E-state index in [1.807, 2.05) is 6.20 Å². The van der Waals surface area contributed by atoms with Gasteiger partial charge in [0.25, 0.3) is 0 Å². The highest BCUT2D eigenvalue weighted by Crippen LogP contribution is 2.19. The highest BCUT2D eigenvalue weighted by Gasteiger charge is 2.18. The number of aromatic nitrogens is 1. The Morgan fingerprint density at radius 3 is 3.00 bits per heavy atom. The summed E-state index contributed by atoms with van der Waals surface area (Å²) >= 11 is 1.59. The van der Waals surface area contributed by atoms with Gasteiger partial charge in [0, 0.05) is 30.7 Å². The first-order chi connectivity index (χ1) is 8.13. The first-order valence-electron chi connectivity index (χ1n) is 6.21. The van der Waals surface area contributed by atoms with Gasteiger partial charge in [-0.3, -0.25) is 0 Å². The minimum Gasteiger partial charge on any atom is -0.375 e. The average molecular weight is 291 g/mol. The number of nitrogen functional groups attached to an aromatic ring is 1. The van der Waals surface area contributed by atoms with Gasteiger partial charge >= 0.3 is 0 Å². The molecule has 2 heterocycles. The monoisotopic (exact) mass is 290 g/mol. The summed E-state index contributed by atoms with van der Waals surface area (Å²) in [4.78, 5) is 10.2. The summed E-state index contributed by atoms with van der Waals surface area (Å²) in [7, 11) is 4.40. The normalized spacial score (nSPS) is 20.9. The second-order valence-electron chi connectivity index (χ2n) is 5.13. The zero-order chi connectivity index (χ0) is 12.3. The highest BCUT2D eigenvalue weighted by atomic mass is 35.5. The molecule has 6 heteroatoms. The van der Waals surface area contributed by atoms with E-state index in [1.165, 1.54) is 37.4 Å². The van der Waals surface area contributed by atoms with E-state index in [1.54, 1.807) is 11.3 Å². The minimum atomic E-state index is 0. The van der Waals surface area contributed by atoms with E-state index in [0.29, 0.717) is 5.13 Å². The van der Waals surface area contributed by atoms with Crippen LogP contribution in [0.4, 0.5) is 5.13 Å². The van der Waals surface area contributed by atoms with Crippen LogP contribution < -0.4 is 5.73 Å². The molecule has 1 aliphatic rings. The van der Waals surface area contributed by atoms with Crippen molar-refractivity contribution in [1.82, 2.24) is 14.8 Å². The maximum Gasteiger partial charge on any atom is 0.180 e. The fraction of sp³-hybridized carbons (Fsp3) is 0.750. The molecule has 1 aromatic rings. The Morgan fingerprint density at radius 1 is 1.61 bits per heavy atom. The number of anilines is 1. The second kappa shape index (κ2) is 7.28. The molecular weight excluding hydrogens is 268 g/mol. The zero-order valence-electron chi connectivity index (χ0n) is 11.1. The average Bonchev–Trinajstić information content (AvgIpc) is 2.63. The van der Waals surface area contributed by atoms with Gasteiger partial charge in [-0.15, -0.1) is 23.7 Å². The number of hydrogen-bond acceptors (Lipinski definition) is 5. The lowest BCUT2D eigenvalue weighted by molar-refractivity contribution is 0.164. The van der Waals surface area contributed by atoms with Crippen molar-refractivity contribution in [2.45, 2.75) is 19.4 Å². The summed E-state index contributed by atoms with van der Waals surface area (Å²) in [5, 5.41) is 0.672. The Labute approximate surface area is 120 Å². The summed E-state index contributed by atoms with van der Waals surface area (Å²) in [6.45, 7) is 4.62. The topological polar surface area (TPSA) is 45.4 Å². The van der Waals surface area contributed by atoms with Crippen molar-refractivity contribution in [3.63, 3.8) is 0 Å². The fourth-order valence-electron chi connectivity index (χ4n) is 2.59. The highest BCUT2D eigenvalue weighted by molar-refractivity contribution is 7.15. The number of nitrogens with two attached hydrogens (primary N) is 1. The SMILES string of the molecule is CN1CCCC(CN(C)Cc2cnc(N)s2)C1.Cl. The smallest absolute Gasteiger partial charge is 0.180 e. The third-order valence-corrected chi connectivity index (χ3v) is 4.10. The van der Waals surface area contributed by atoms with E-state index in [-0.39, 0.29) is 12.4 Å². The number of rotatable bonds is 4. The van der Waals surface area contributed by atoms with Crippen molar-refractivity contribution < 1.29 is 0 Å². The number of hydrogen-bond donors (Lipinski definition) is 1. The molecular formula is C12H23ClN4S. The molecule has 0 amide bonds. The lowest BCUT2D eigenvalue weighted by Crippen LogP contribution is -2.37. The van der Waals surface area contributed by atoms with Crippen molar-refractivity contribution in [2.75, 3.05) is 39.5 Å². The van der Waals surface area contributed by atoms with Crippen molar-refractivity contribution in [1.29, 1.82) is 0 Å². The summed E-state index contributed by atoms with van der Waals surface area (Å²) in [5.41, 5.74) is 5.64. The van der Waals surface area contributed by atoms with Crippen LogP contribution >= 0.6 is 23.7 Å². The molecule has 1 aromatic heterocycles. The molecule has 0 spiro atoms. The van der Waals surface area contributed by atoms with Crippen LogP contribution in [-0.4, -0.2) is 48.5 Å². The predicted octanol–water partition coefficient (Wildman–Crippen LogP) is 1.92. The molecule has 1 fully saturated rings. The summed E-state index contributed by atoms with van der Waals surface area (Å²) < 4.78 is 0. The van der Waals surface area contributed by atoms with Gasteiger partial charge in [0.15, 0.2) is 5.13 Å². The van der Waals surface area contributed by atoms with Crippen LogP contribution in [0.3, 0.4) is 0 Å². The molecule has 1 aliphatic heterocycles. The number of halogens is 1. The van der Waals surface area contributed by atoms with Gasteiger partial charge in [0.1, 0.15) is 0 Å². The van der Waals surface area contributed by atoms with Crippen LogP contribution in [0.2, 0.25) is 0 Å². The third kappa shape index (κ3) is 4.72. The quantitative estimate of drug-likeness (QED) is 0.920. The van der Waals surface area contributed by atoms with Crippen molar-refractivity contribution in [2.24, 2.45) is 5.92 Å². The van der Waals surface area contributed by atoms with E-state index in [4.69, 9.17) is 5.73 Å². The molecule has 0 radical (unpaired) electrons. The minimum absolute atomic E-state index is 0. The van der Waals surface area contributed by atoms with E-state index in [9.17, 15) is 0 Å². The summed E-state index contributed by atoms with van der Waals surface area (Å²) in [6.07, 6.45) is 4.59. The van der Waals surface area contributed by atoms with Gasteiger partial charge in [-0.2, -0.15) is 0 Å². The molecule has 104 valence electrons. The molecule has 0 aromatic carbocycles. The van der Waals surface area contributed by atoms with E-state index in [0.717, 1.165) is 12.5 Å². The third-order valence-electron chi connectivity index (χ3n) is 3.29. The van der Waals surface area contributed by atoms with Crippen molar-refractivity contribution in [3.05, 3.63) is 11.1 Å². The molecule has 1 unspecified atom stereocenters. The van der Waals surface area contributed by atoms with Crippen LogP contribution in [0.15, 0.2) is 6.20 Å². The Morgan fingerprint density at radius 2 is 2.39 bits per heavy atom. The Kier molecular flexibility index (Phi) is 6.35. The first kappa shape index (κ1) is 15.7. The Hall–Kier alpha value is -0.360. The maximum absolute atomic E-state index is 5.64. The Balaban J connectivity index is 0.00000162. The van der Waals surface area contributed by atoms with E-state index >= 15 is 0 Å². The zero-order valence-corrected chi connectivity index (χ0v) is 12.8. The number of piperidine rings is 1. The predicted molar refractivity (Wildman–Crippen MR) is 80.3 cm³/mol. The van der Waals surface area contributed by atoms with Gasteiger partial charge < -0.3 is 15.5 Å². The molecule has 0 bridgehead atoms. The molecule has 1 atom stereocenters. The van der Waals surface area contributed by atoms with E-state index in [2.05, 4.69) is 28.9 Å². The molecule has 1 saturated heterocycles. The molecule has 2 N–H and O–H groups in total. The van der Waals surface area contributed by atoms with Crippen molar-refractivity contribution >= 4 is 28.9 Å². The van der Waals surface area contributed by atoms with Gasteiger partial charge in [0.05, 0.1) is 0 Å². The van der Waals surface area contributed by atoms with Crippen LogP contribution in [0.1, 0.15) is 17.7 Å². The second-order valence-corrected chi connectivity index (χ2v) is 6.28. The van der Waals surface area contributed by atoms with Crippen LogP contribution in [0.5, 0.6) is 0 Å². The maximum atomic E-state index is 5.64. The van der Waals surface area contributed by atoms with Gasteiger partial charge in [-0.05, 0) is 39.4 Å². The number of thiazole rings is 1. The number of likely N-dealkylation sites (tertiary alicyclic amines) is 1. The largest absolute Gasteiger partial charge is 0.375 e. The molecule has 0 aliphatic carbocycles. The molecule has 0 saturated carbocycles. The van der Waals surface area contributed by atoms with E-state index < -0.39 is 0 Å². The molecule has 18 heavy (non-hydrogen) atoms. The van der Waals surface area contributed by atoms with Crippen molar-refractivity contribution in [3.8, 4) is 0 Å². The summed E-state index contributed by atoms with van der Waals surface area (Å²) in [5.74, 6) is 0.809. The number of nitrogens with zero attached hydrogens (tertiary/aromatic N) is 3. The summed E-state index contributed by atoms with van der Waals surface area (Å²) in [6, 6.07) is 0. The van der Waals surface area contributed by atoms with Crippen LogP contribution in [0.25, 0.3) is 0 Å². The first-order valence-corrected chi connectivity index (χ1v) is 7.02. The Bertz CT molecular complexity index is 358. The van der Waals surface area contributed by atoms with Gasteiger partial charge in [-0.25, -0.2) is 4.98 Å². The van der Waals surface area contributed by atoms with Gasteiger partial charge in [0.2, 0.25) is 0 Å². The molecule has 2 rings (SSSR count). The fourth-order valence-corrected chi connectivity index (χ4v) is 3.35. The van der Waals surface area contributed by atoms with Gasteiger partial charge in [-0.1, -0.05) is 0 Å². The lowest BCUT2D eigenvalue weighted by Gasteiger charge is -2.32.